The number of anilines is 3. The highest BCUT2D eigenvalue weighted by Gasteiger charge is 2.32. The van der Waals surface area contributed by atoms with E-state index in [4.69, 9.17) is 10.5 Å². The normalized spacial score (nSPS) is 18.1. The highest BCUT2D eigenvalue weighted by atomic mass is 16.5. The summed E-state index contributed by atoms with van der Waals surface area (Å²) in [7, 11) is 0. The summed E-state index contributed by atoms with van der Waals surface area (Å²) in [5, 5.41) is 4.82. The lowest BCUT2D eigenvalue weighted by atomic mass is 9.75. The molecule has 6 rings (SSSR count). The van der Waals surface area contributed by atoms with Crippen LogP contribution in [0, 0.1) is 18.8 Å². The molecule has 198 valence electrons. The summed E-state index contributed by atoms with van der Waals surface area (Å²) in [5.74, 6) is 2.89. The Labute approximate surface area is 225 Å². The zero-order valence-corrected chi connectivity index (χ0v) is 22.4. The number of hydrogen-bond acceptors (Lipinski definition) is 5. The Bertz CT molecular complexity index is 1390. The van der Waals surface area contributed by atoms with Crippen LogP contribution in [0.5, 0.6) is 5.75 Å². The van der Waals surface area contributed by atoms with Crippen molar-refractivity contribution in [3.63, 3.8) is 0 Å². The molecule has 1 aliphatic heterocycles. The lowest BCUT2D eigenvalue weighted by molar-refractivity contribution is 0.188. The van der Waals surface area contributed by atoms with Gasteiger partial charge in [-0.3, -0.25) is 9.88 Å². The number of likely N-dealkylation sites (tertiary alicyclic amines) is 1. The summed E-state index contributed by atoms with van der Waals surface area (Å²) < 4.78 is 6.32. The summed E-state index contributed by atoms with van der Waals surface area (Å²) in [5.41, 5.74) is 13.7. The van der Waals surface area contributed by atoms with E-state index in [1.165, 1.54) is 55.3 Å². The van der Waals surface area contributed by atoms with Crippen LogP contribution in [0.25, 0.3) is 10.9 Å². The second kappa shape index (κ2) is 11.1. The van der Waals surface area contributed by atoms with E-state index in [1.807, 2.05) is 12.4 Å². The molecule has 0 bridgehead atoms. The Kier molecular flexibility index (Phi) is 7.23. The number of nitrogens with one attached hydrogen (secondary N) is 2. The van der Waals surface area contributed by atoms with Crippen LogP contribution in [-0.4, -0.2) is 41.1 Å². The molecule has 4 N–H and O–H groups in total. The first-order valence-electron chi connectivity index (χ1n) is 14.1. The molecular formula is C32H39N5O. The van der Waals surface area contributed by atoms with Gasteiger partial charge in [-0.2, -0.15) is 0 Å². The number of nitrogen functional groups attached to an aromatic ring is 1. The predicted octanol–water partition coefficient (Wildman–Crippen LogP) is 6.48. The average molecular weight is 510 g/mol. The molecule has 6 nitrogen and oxygen atoms in total. The maximum atomic E-state index is 6.42. The second-order valence-corrected chi connectivity index (χ2v) is 11.1. The fraction of sp³-hybridized carbons (Fsp3) is 0.406. The van der Waals surface area contributed by atoms with Gasteiger partial charge in [-0.05, 0) is 85.5 Å². The summed E-state index contributed by atoms with van der Waals surface area (Å²) in [6, 6.07) is 14.8. The minimum atomic E-state index is 0.659. The number of benzene rings is 2. The summed E-state index contributed by atoms with van der Waals surface area (Å²) in [6.07, 6.45) is 13.0. The highest BCUT2D eigenvalue weighted by Crippen LogP contribution is 2.38. The van der Waals surface area contributed by atoms with Gasteiger partial charge < -0.3 is 20.8 Å². The fourth-order valence-electron chi connectivity index (χ4n) is 6.18. The summed E-state index contributed by atoms with van der Waals surface area (Å²) >= 11 is 0. The molecule has 0 spiro atoms. The lowest BCUT2D eigenvalue weighted by Crippen LogP contribution is -2.29. The van der Waals surface area contributed by atoms with Crippen LogP contribution in [-0.2, 0) is 12.8 Å². The average Bonchev–Trinajstić information content (AvgIpc) is 3.56. The zero-order valence-electron chi connectivity index (χ0n) is 22.4. The van der Waals surface area contributed by atoms with Crippen molar-refractivity contribution < 1.29 is 4.74 Å². The number of para-hydroxylation sites is 1. The van der Waals surface area contributed by atoms with Crippen LogP contribution < -0.4 is 15.8 Å². The Hall–Kier alpha value is -3.51. The van der Waals surface area contributed by atoms with Gasteiger partial charge in [0.15, 0.2) is 0 Å². The van der Waals surface area contributed by atoms with Crippen LogP contribution >= 0.6 is 0 Å². The molecule has 2 aromatic heterocycles. The molecule has 0 amide bonds. The molecule has 2 aromatic carbocycles. The van der Waals surface area contributed by atoms with Gasteiger partial charge >= 0.3 is 0 Å². The molecule has 0 radical (unpaired) electrons. The monoisotopic (exact) mass is 509 g/mol. The number of nitrogens with zero attached hydrogens (tertiary/aromatic N) is 2. The minimum absolute atomic E-state index is 0.659. The number of aryl methyl sites for hydroxylation is 3. The molecule has 1 aliphatic carbocycles. The van der Waals surface area contributed by atoms with Crippen LogP contribution in [0.15, 0.2) is 61.1 Å². The highest BCUT2D eigenvalue weighted by molar-refractivity contribution is 5.89. The number of pyridine rings is 1. The van der Waals surface area contributed by atoms with Gasteiger partial charge in [-0.25, -0.2) is 0 Å². The van der Waals surface area contributed by atoms with Gasteiger partial charge in [-0.15, -0.1) is 0 Å². The van der Waals surface area contributed by atoms with Crippen molar-refractivity contribution in [2.24, 2.45) is 11.8 Å². The summed E-state index contributed by atoms with van der Waals surface area (Å²) in [4.78, 5) is 10.3. The number of rotatable bonds is 10. The quantitative estimate of drug-likeness (QED) is 0.228. The number of aromatic amines is 1. The molecule has 1 saturated carbocycles. The van der Waals surface area contributed by atoms with E-state index >= 15 is 0 Å². The molecule has 1 unspecified atom stereocenters. The molecule has 4 aromatic rings. The number of fused-ring (bicyclic) bond motifs is 1. The predicted molar refractivity (Wildman–Crippen MR) is 156 cm³/mol. The maximum Gasteiger partial charge on any atom is 0.122 e. The van der Waals surface area contributed by atoms with Crippen LogP contribution in [0.3, 0.4) is 0 Å². The molecule has 2 aliphatic rings. The minimum Gasteiger partial charge on any atom is -0.492 e. The Morgan fingerprint density at radius 1 is 1.03 bits per heavy atom. The fourth-order valence-corrected chi connectivity index (χ4v) is 6.18. The van der Waals surface area contributed by atoms with E-state index in [9.17, 15) is 0 Å². The lowest BCUT2D eigenvalue weighted by Gasteiger charge is -2.31. The van der Waals surface area contributed by atoms with Crippen molar-refractivity contribution >= 4 is 28.0 Å². The Balaban J connectivity index is 1.09. The first-order chi connectivity index (χ1) is 18.7. The van der Waals surface area contributed by atoms with Crippen LogP contribution in [0.2, 0.25) is 0 Å². The first kappa shape index (κ1) is 24.8. The standard InChI is InChI=1S/C32H39N5O/c1-22-27-13-15-35-30(27)12-11-29(22)36-32-25(19-34-20-28(32)33)10-9-24-5-2-3-8-31(24)38-18-17-37-16-14-26(21-37)23-6-4-7-23/h2-3,5,8,11-13,15,19-20,23,26,35H,4,6-7,9-10,14,16-18,21,33H2,1H3,(H,34,36). The van der Waals surface area contributed by atoms with Gasteiger partial charge in [0, 0.05) is 42.1 Å². The van der Waals surface area contributed by atoms with E-state index in [2.05, 4.69) is 69.6 Å². The van der Waals surface area contributed by atoms with Crippen molar-refractivity contribution in [1.29, 1.82) is 0 Å². The summed E-state index contributed by atoms with van der Waals surface area (Å²) in [6.45, 7) is 6.36. The van der Waals surface area contributed by atoms with Gasteiger partial charge in [-0.1, -0.05) is 37.5 Å². The molecule has 2 fully saturated rings. The molecule has 3 heterocycles. The van der Waals surface area contributed by atoms with Crippen LogP contribution in [0.1, 0.15) is 42.4 Å². The number of aromatic nitrogens is 2. The van der Waals surface area contributed by atoms with Crippen LogP contribution in [0.4, 0.5) is 17.1 Å². The molecule has 1 saturated heterocycles. The third-order valence-corrected chi connectivity index (χ3v) is 8.74. The zero-order chi connectivity index (χ0) is 25.9. The van der Waals surface area contributed by atoms with Gasteiger partial charge in [0.1, 0.15) is 12.4 Å². The van der Waals surface area contributed by atoms with Gasteiger partial charge in [0.25, 0.3) is 0 Å². The van der Waals surface area contributed by atoms with E-state index in [1.54, 1.807) is 6.20 Å². The van der Waals surface area contributed by atoms with Crippen molar-refractivity contribution in [2.75, 3.05) is 37.3 Å². The van der Waals surface area contributed by atoms with Crippen molar-refractivity contribution in [3.8, 4) is 5.75 Å². The Morgan fingerprint density at radius 3 is 2.76 bits per heavy atom. The van der Waals surface area contributed by atoms with E-state index in [0.29, 0.717) is 5.69 Å². The van der Waals surface area contributed by atoms with Gasteiger partial charge in [0.05, 0.1) is 17.6 Å². The number of H-pyrrole nitrogens is 1. The number of nitrogens with two attached hydrogens (primary N) is 1. The molecular weight excluding hydrogens is 470 g/mol. The van der Waals surface area contributed by atoms with E-state index in [-0.39, 0.29) is 0 Å². The van der Waals surface area contributed by atoms with Crippen molar-refractivity contribution in [3.05, 3.63) is 77.7 Å². The third kappa shape index (κ3) is 5.23. The number of ether oxygens (including phenoxy) is 1. The van der Waals surface area contributed by atoms with E-state index < -0.39 is 0 Å². The SMILES string of the molecule is Cc1c(Nc2c(N)cncc2CCc2ccccc2OCCN2CCC(C3CCC3)C2)ccc2[nH]ccc12. The second-order valence-electron chi connectivity index (χ2n) is 11.1. The maximum absolute atomic E-state index is 6.42. The van der Waals surface area contributed by atoms with Crippen molar-refractivity contribution in [2.45, 2.75) is 45.4 Å². The van der Waals surface area contributed by atoms with Gasteiger partial charge in [0.2, 0.25) is 0 Å². The Morgan fingerprint density at radius 2 is 1.89 bits per heavy atom. The number of hydrogen-bond donors (Lipinski definition) is 3. The first-order valence-corrected chi connectivity index (χ1v) is 14.1. The van der Waals surface area contributed by atoms with E-state index in [0.717, 1.165) is 66.0 Å². The third-order valence-electron chi connectivity index (χ3n) is 8.74. The van der Waals surface area contributed by atoms with Crippen molar-refractivity contribution in [1.82, 2.24) is 14.9 Å². The largest absolute Gasteiger partial charge is 0.492 e. The molecule has 6 heteroatoms. The molecule has 38 heavy (non-hydrogen) atoms. The molecule has 1 atom stereocenters. The smallest absolute Gasteiger partial charge is 0.122 e. The topological polar surface area (TPSA) is 79.2 Å².